The molecule has 2 aromatic rings. The van der Waals surface area contributed by atoms with E-state index in [1.54, 1.807) is 45.0 Å². The number of hydrogen-bond acceptors (Lipinski definition) is 4. The van der Waals surface area contributed by atoms with Crippen molar-refractivity contribution in [3.8, 4) is 6.07 Å². The normalized spacial score (nSPS) is 15.1. The molecule has 0 aromatic heterocycles. The molecule has 2 aromatic carbocycles. The molecule has 0 saturated heterocycles. The molecule has 2 rings (SSSR count). The van der Waals surface area contributed by atoms with Gasteiger partial charge >= 0.3 is 0 Å². The van der Waals surface area contributed by atoms with Crippen molar-refractivity contribution in [2.75, 3.05) is 0 Å². The van der Waals surface area contributed by atoms with Gasteiger partial charge in [-0.3, -0.25) is 0 Å². The van der Waals surface area contributed by atoms with Crippen LogP contribution in [0.1, 0.15) is 70.7 Å². The average Bonchev–Trinajstić information content (AvgIpc) is 2.71. The quantitative estimate of drug-likeness (QED) is 0.591. The van der Waals surface area contributed by atoms with E-state index >= 15 is 0 Å². The zero-order valence-electron chi connectivity index (χ0n) is 19.4. The van der Waals surface area contributed by atoms with Crippen LogP contribution in [0, 0.1) is 11.3 Å². The van der Waals surface area contributed by atoms with Gasteiger partial charge in [-0.2, -0.15) is 9.66 Å². The van der Waals surface area contributed by atoms with E-state index in [1.165, 1.54) is 0 Å². The predicted octanol–water partition coefficient (Wildman–Crippen LogP) is 4.66. The Morgan fingerprint density at radius 3 is 2.06 bits per heavy atom. The third kappa shape index (κ3) is 6.83. The molecule has 0 saturated carbocycles. The molecule has 0 amide bonds. The smallest absolute Gasteiger partial charge is 0.217 e. The van der Waals surface area contributed by atoms with Gasteiger partial charge < -0.3 is 0 Å². The monoisotopic (exact) mass is 473 g/mol. The fourth-order valence-corrected chi connectivity index (χ4v) is 4.25. The van der Waals surface area contributed by atoms with Crippen LogP contribution in [0.2, 0.25) is 0 Å². The van der Waals surface area contributed by atoms with Crippen LogP contribution in [0.3, 0.4) is 0 Å². The van der Waals surface area contributed by atoms with Crippen LogP contribution in [0.25, 0.3) is 0 Å². The largest absolute Gasteiger partial charge is 0.234 e. The summed E-state index contributed by atoms with van der Waals surface area (Å²) in [5.74, 6) is 0. The summed E-state index contributed by atoms with van der Waals surface area (Å²) < 4.78 is 44.6. The SMILES string of the molecule is CC(C)(C)S(=O)/N=C(/C[C@H](NS(=O)(=O)C(C)(C)C)c1ccccc1)c1ccc(C#N)cc1. The summed E-state index contributed by atoms with van der Waals surface area (Å²) in [5.41, 5.74) is 2.48. The zero-order chi connectivity index (χ0) is 24.2. The summed E-state index contributed by atoms with van der Waals surface area (Å²) in [6.45, 7) is 10.4. The standard InChI is InChI=1S/C24H31N3O3S2/c1-23(2,3)31(28)26-21(20-14-12-18(17-25)13-15-20)16-22(19-10-8-7-9-11-19)27-32(29,30)24(4,5)6/h7-15,22,27H,16H2,1-6H3/b26-21-/t22-,31?/m0/s1. The summed E-state index contributed by atoms with van der Waals surface area (Å²) in [5, 5.41) is 9.11. The number of nitrogens with zero attached hydrogens (tertiary/aromatic N) is 2. The van der Waals surface area contributed by atoms with Crippen molar-refractivity contribution in [1.29, 1.82) is 5.26 Å². The summed E-state index contributed by atoms with van der Waals surface area (Å²) in [6.07, 6.45) is 0.201. The van der Waals surface area contributed by atoms with Crippen LogP contribution in [0.5, 0.6) is 0 Å². The predicted molar refractivity (Wildman–Crippen MR) is 131 cm³/mol. The van der Waals surface area contributed by atoms with Crippen LogP contribution < -0.4 is 4.72 Å². The Morgan fingerprint density at radius 2 is 1.59 bits per heavy atom. The van der Waals surface area contributed by atoms with E-state index in [1.807, 2.05) is 51.1 Å². The first-order valence-corrected chi connectivity index (χ1v) is 12.9. The highest BCUT2D eigenvalue weighted by Crippen LogP contribution is 2.26. The molecule has 0 aliphatic rings. The average molecular weight is 474 g/mol. The lowest BCUT2D eigenvalue weighted by atomic mass is 9.97. The Morgan fingerprint density at radius 1 is 1.03 bits per heavy atom. The van der Waals surface area contributed by atoms with Crippen molar-refractivity contribution in [2.45, 2.75) is 63.5 Å². The molecule has 0 bridgehead atoms. The van der Waals surface area contributed by atoms with E-state index in [4.69, 9.17) is 5.26 Å². The van der Waals surface area contributed by atoms with E-state index in [-0.39, 0.29) is 6.42 Å². The molecule has 172 valence electrons. The van der Waals surface area contributed by atoms with Crippen LogP contribution in [0.15, 0.2) is 59.0 Å². The first kappa shape index (κ1) is 25.9. The molecule has 32 heavy (non-hydrogen) atoms. The Balaban J connectivity index is 2.57. The summed E-state index contributed by atoms with van der Waals surface area (Å²) in [7, 11) is -5.21. The van der Waals surface area contributed by atoms with Crippen LogP contribution in [0.4, 0.5) is 0 Å². The molecule has 0 spiro atoms. The topological polar surface area (TPSA) is 99.4 Å². The Bertz CT molecular complexity index is 1120. The van der Waals surface area contributed by atoms with Gasteiger partial charge in [-0.25, -0.2) is 17.3 Å². The van der Waals surface area contributed by atoms with Gasteiger partial charge in [-0.15, -0.1) is 0 Å². The highest BCUT2D eigenvalue weighted by Gasteiger charge is 2.32. The molecule has 1 unspecified atom stereocenters. The molecule has 0 aliphatic heterocycles. The minimum Gasteiger partial charge on any atom is -0.234 e. The van der Waals surface area contributed by atoms with Crippen LogP contribution in [-0.4, -0.2) is 27.8 Å². The first-order chi connectivity index (χ1) is 14.7. The second-order valence-corrected chi connectivity index (χ2v) is 13.9. The number of sulfonamides is 1. The molecule has 0 radical (unpaired) electrons. The van der Waals surface area contributed by atoms with Gasteiger partial charge in [0.15, 0.2) is 0 Å². The minimum absolute atomic E-state index is 0.201. The second-order valence-electron chi connectivity index (χ2n) is 9.49. The molecule has 2 atom stereocenters. The maximum absolute atomic E-state index is 13.0. The molecule has 1 N–H and O–H groups in total. The third-order valence-electron chi connectivity index (χ3n) is 4.77. The van der Waals surface area contributed by atoms with Gasteiger partial charge in [0.25, 0.3) is 0 Å². The van der Waals surface area contributed by atoms with Gasteiger partial charge in [0.2, 0.25) is 10.0 Å². The molecule has 0 aliphatic carbocycles. The van der Waals surface area contributed by atoms with E-state index in [2.05, 4.69) is 15.2 Å². The second kappa shape index (κ2) is 10.1. The van der Waals surface area contributed by atoms with Crippen molar-refractivity contribution < 1.29 is 12.6 Å². The van der Waals surface area contributed by atoms with Crippen molar-refractivity contribution >= 4 is 26.7 Å². The molecule has 6 nitrogen and oxygen atoms in total. The molecule has 0 heterocycles. The number of rotatable bonds is 7. The Kier molecular flexibility index (Phi) is 8.16. The van der Waals surface area contributed by atoms with Gasteiger partial charge in [0.05, 0.1) is 32.9 Å². The van der Waals surface area contributed by atoms with Crippen LogP contribution in [-0.2, 0) is 21.0 Å². The van der Waals surface area contributed by atoms with Crippen molar-refractivity contribution in [3.63, 3.8) is 0 Å². The fraction of sp³-hybridized carbons (Fsp3) is 0.417. The first-order valence-electron chi connectivity index (χ1n) is 10.3. The van der Waals surface area contributed by atoms with Gasteiger partial charge in [0.1, 0.15) is 11.0 Å². The van der Waals surface area contributed by atoms with E-state index < -0.39 is 36.5 Å². The zero-order valence-corrected chi connectivity index (χ0v) is 21.0. The van der Waals surface area contributed by atoms with Gasteiger partial charge in [0, 0.05) is 6.42 Å². The lowest BCUT2D eigenvalue weighted by Gasteiger charge is -2.26. The van der Waals surface area contributed by atoms with Crippen LogP contribution >= 0.6 is 0 Å². The maximum atomic E-state index is 13.0. The lowest BCUT2D eigenvalue weighted by molar-refractivity contribution is 0.527. The molecular weight excluding hydrogens is 442 g/mol. The van der Waals surface area contributed by atoms with E-state index in [9.17, 15) is 12.6 Å². The minimum atomic E-state index is -3.66. The summed E-state index contributed by atoms with van der Waals surface area (Å²) in [6, 6.07) is 17.6. The highest BCUT2D eigenvalue weighted by atomic mass is 32.2. The number of nitrogens with one attached hydrogen (secondary N) is 1. The van der Waals surface area contributed by atoms with Gasteiger partial charge in [-0.1, -0.05) is 42.5 Å². The summed E-state index contributed by atoms with van der Waals surface area (Å²) >= 11 is 0. The Labute approximate surface area is 194 Å². The molecule has 0 fully saturated rings. The number of nitriles is 1. The maximum Gasteiger partial charge on any atom is 0.217 e. The molecular formula is C24H31N3O3S2. The van der Waals surface area contributed by atoms with Crippen molar-refractivity contribution in [2.24, 2.45) is 4.40 Å². The van der Waals surface area contributed by atoms with Crippen molar-refractivity contribution in [3.05, 3.63) is 71.3 Å². The van der Waals surface area contributed by atoms with Crippen molar-refractivity contribution in [1.82, 2.24) is 4.72 Å². The number of benzene rings is 2. The van der Waals surface area contributed by atoms with E-state index in [0.717, 1.165) is 5.56 Å². The molecule has 8 heteroatoms. The number of hydrogen-bond donors (Lipinski definition) is 1. The lowest BCUT2D eigenvalue weighted by Crippen LogP contribution is -2.42. The van der Waals surface area contributed by atoms with Gasteiger partial charge in [-0.05, 0) is 64.8 Å². The Hall–Kier alpha value is -2.34. The summed E-state index contributed by atoms with van der Waals surface area (Å²) in [4.78, 5) is 0. The van der Waals surface area contributed by atoms with E-state index in [0.29, 0.717) is 16.8 Å². The third-order valence-corrected chi connectivity index (χ3v) is 8.41. The highest BCUT2D eigenvalue weighted by molar-refractivity contribution is 7.90. The fourth-order valence-electron chi connectivity index (χ4n) is 2.65.